The Balaban J connectivity index is 2.08. The van der Waals surface area contributed by atoms with Crippen LogP contribution in [0.15, 0.2) is 18.2 Å². The molecule has 0 radical (unpaired) electrons. The molecule has 7 heteroatoms. The Morgan fingerprint density at radius 2 is 1.69 bits per heavy atom. The van der Waals surface area contributed by atoms with E-state index in [1.165, 1.54) is 4.90 Å². The fourth-order valence-electron chi connectivity index (χ4n) is 4.03. The molecule has 2 fully saturated rings. The molecular formula is C19H27N3O4. The van der Waals surface area contributed by atoms with Gasteiger partial charge in [-0.15, -0.1) is 0 Å². The van der Waals surface area contributed by atoms with Gasteiger partial charge < -0.3 is 19.7 Å². The number of methoxy groups -OCH3 is 2. The van der Waals surface area contributed by atoms with E-state index >= 15 is 0 Å². The number of hydrogen-bond acceptors (Lipinski definition) is 5. The minimum absolute atomic E-state index is 0.175. The van der Waals surface area contributed by atoms with Crippen LogP contribution >= 0.6 is 0 Å². The molecule has 2 aliphatic heterocycles. The zero-order valence-corrected chi connectivity index (χ0v) is 16.3. The second-order valence-electron chi connectivity index (χ2n) is 8.11. The third-order valence-electron chi connectivity index (χ3n) is 5.17. The van der Waals surface area contributed by atoms with Gasteiger partial charge in [0.25, 0.3) is 5.91 Å². The first-order valence-corrected chi connectivity index (χ1v) is 8.70. The van der Waals surface area contributed by atoms with Gasteiger partial charge in [-0.1, -0.05) is 0 Å². The van der Waals surface area contributed by atoms with Crippen molar-refractivity contribution in [2.75, 3.05) is 34.4 Å². The minimum atomic E-state index is -0.976. The van der Waals surface area contributed by atoms with E-state index < -0.39 is 11.1 Å². The molecule has 0 unspecified atom stereocenters. The van der Waals surface area contributed by atoms with Gasteiger partial charge >= 0.3 is 6.03 Å². The van der Waals surface area contributed by atoms with Crippen LogP contribution in [0.4, 0.5) is 4.79 Å². The lowest BCUT2D eigenvalue weighted by atomic mass is 9.81. The predicted molar refractivity (Wildman–Crippen MR) is 97.6 cm³/mol. The number of nitrogens with zero attached hydrogens (tertiary/aromatic N) is 2. The second kappa shape index (κ2) is 6.16. The molecule has 0 aromatic heterocycles. The third kappa shape index (κ3) is 2.80. The first kappa shape index (κ1) is 18.5. The summed E-state index contributed by atoms with van der Waals surface area (Å²) in [7, 11) is 5.15. The number of urea groups is 1. The first-order chi connectivity index (χ1) is 12.1. The van der Waals surface area contributed by atoms with Crippen LogP contribution in [0.2, 0.25) is 0 Å². The van der Waals surface area contributed by atoms with E-state index in [9.17, 15) is 9.59 Å². The molecule has 1 aromatic rings. The maximum absolute atomic E-state index is 13.4. The molecule has 1 spiro atoms. The van der Waals surface area contributed by atoms with Gasteiger partial charge in [-0.05, 0) is 45.5 Å². The van der Waals surface area contributed by atoms with Gasteiger partial charge in [0.2, 0.25) is 0 Å². The Morgan fingerprint density at radius 1 is 1.12 bits per heavy atom. The van der Waals surface area contributed by atoms with Gasteiger partial charge in [-0.2, -0.15) is 0 Å². The summed E-state index contributed by atoms with van der Waals surface area (Å²) in [6.45, 7) is 6.72. The summed E-state index contributed by atoms with van der Waals surface area (Å²) >= 11 is 0. The van der Waals surface area contributed by atoms with Gasteiger partial charge in [0.15, 0.2) is 0 Å². The largest absolute Gasteiger partial charge is 0.497 e. The number of benzene rings is 1. The summed E-state index contributed by atoms with van der Waals surface area (Å²) in [5.41, 5.74) is -0.645. The highest BCUT2D eigenvalue weighted by Gasteiger charge is 2.61. The van der Waals surface area contributed by atoms with Crippen LogP contribution < -0.4 is 14.8 Å². The summed E-state index contributed by atoms with van der Waals surface area (Å²) in [5, 5.41) is 3.00. The molecule has 3 amide bonds. The summed E-state index contributed by atoms with van der Waals surface area (Å²) in [5.74, 6) is 0.952. The quantitative estimate of drug-likeness (QED) is 0.832. The molecular weight excluding hydrogens is 334 g/mol. The van der Waals surface area contributed by atoms with E-state index in [1.54, 1.807) is 20.3 Å². The normalized spacial score (nSPS) is 26.5. The highest BCUT2D eigenvalue weighted by molar-refractivity contribution is 6.08. The van der Waals surface area contributed by atoms with Crippen LogP contribution in [0.5, 0.6) is 11.5 Å². The number of imide groups is 1. The average molecular weight is 361 g/mol. The van der Waals surface area contributed by atoms with Crippen molar-refractivity contribution in [2.24, 2.45) is 0 Å². The molecule has 0 bridgehead atoms. The van der Waals surface area contributed by atoms with Crippen molar-refractivity contribution in [3.8, 4) is 11.5 Å². The van der Waals surface area contributed by atoms with Crippen molar-refractivity contribution in [3.05, 3.63) is 23.8 Å². The van der Waals surface area contributed by atoms with Gasteiger partial charge in [0.05, 0.1) is 14.2 Å². The Bertz CT molecular complexity index is 721. The number of hydrogen-bond donors (Lipinski definition) is 1. The minimum Gasteiger partial charge on any atom is -0.497 e. The molecule has 2 heterocycles. The standard InChI is InChI=1S/C19H27N3O4/c1-18(2,3)22-16(23)19(20-17(22)24)11-21(4)10-15(19)12-7-13(25-5)9-14(8-12)26-6/h7-9,15H,10-11H2,1-6H3,(H,20,24)/t15-,19+/m1/s1. The van der Waals surface area contributed by atoms with Crippen molar-refractivity contribution in [1.82, 2.24) is 15.1 Å². The SMILES string of the molecule is COc1cc(OC)cc([C@H]2CN(C)C[C@]23NC(=O)N(C(C)(C)C)C3=O)c1. The summed E-state index contributed by atoms with van der Waals surface area (Å²) in [4.78, 5) is 29.4. The Hall–Kier alpha value is -2.28. The maximum atomic E-state index is 13.4. The molecule has 2 aliphatic rings. The van der Waals surface area contributed by atoms with Gasteiger partial charge in [-0.25, -0.2) is 4.79 Å². The van der Waals surface area contributed by atoms with Gasteiger partial charge in [0.1, 0.15) is 17.0 Å². The molecule has 0 saturated carbocycles. The molecule has 2 saturated heterocycles. The lowest BCUT2D eigenvalue weighted by molar-refractivity contribution is -0.134. The van der Waals surface area contributed by atoms with E-state index in [0.717, 1.165) is 5.56 Å². The highest BCUT2D eigenvalue weighted by Crippen LogP contribution is 2.43. The van der Waals surface area contributed by atoms with Crippen LogP contribution in [0.25, 0.3) is 0 Å². The molecule has 142 valence electrons. The van der Waals surface area contributed by atoms with Crippen LogP contribution in [0.1, 0.15) is 32.3 Å². The maximum Gasteiger partial charge on any atom is 0.325 e. The Morgan fingerprint density at radius 3 is 2.15 bits per heavy atom. The Kier molecular flexibility index (Phi) is 4.38. The topological polar surface area (TPSA) is 71.1 Å². The van der Waals surface area contributed by atoms with Crippen LogP contribution in [0.3, 0.4) is 0 Å². The van der Waals surface area contributed by atoms with Crippen LogP contribution in [0, 0.1) is 0 Å². The summed E-state index contributed by atoms with van der Waals surface area (Å²) in [6, 6.07) is 5.28. The Labute approximate surface area is 154 Å². The highest BCUT2D eigenvalue weighted by atomic mass is 16.5. The zero-order valence-electron chi connectivity index (χ0n) is 16.3. The molecule has 7 nitrogen and oxygen atoms in total. The van der Waals surface area contributed by atoms with Crippen molar-refractivity contribution >= 4 is 11.9 Å². The number of carbonyl (C=O) groups excluding carboxylic acids is 2. The molecule has 2 atom stereocenters. The number of ether oxygens (including phenoxy) is 2. The van der Waals surface area contributed by atoms with E-state index in [0.29, 0.717) is 24.6 Å². The summed E-state index contributed by atoms with van der Waals surface area (Å²) < 4.78 is 10.8. The van der Waals surface area contributed by atoms with E-state index in [2.05, 4.69) is 10.2 Å². The number of rotatable bonds is 3. The van der Waals surface area contributed by atoms with Crippen molar-refractivity contribution < 1.29 is 19.1 Å². The van der Waals surface area contributed by atoms with Crippen molar-refractivity contribution in [2.45, 2.75) is 37.8 Å². The van der Waals surface area contributed by atoms with Crippen LogP contribution in [-0.2, 0) is 4.79 Å². The average Bonchev–Trinajstić information content (AvgIpc) is 3.02. The second-order valence-corrected chi connectivity index (χ2v) is 8.11. The number of likely N-dealkylation sites (N-methyl/N-ethyl adjacent to an activating group) is 1. The van der Waals surface area contributed by atoms with E-state index in [1.807, 2.05) is 40.0 Å². The van der Waals surface area contributed by atoms with E-state index in [-0.39, 0.29) is 17.9 Å². The molecule has 26 heavy (non-hydrogen) atoms. The monoisotopic (exact) mass is 361 g/mol. The number of amides is 3. The molecule has 0 aliphatic carbocycles. The first-order valence-electron chi connectivity index (χ1n) is 8.70. The molecule has 1 aromatic carbocycles. The fourth-order valence-corrected chi connectivity index (χ4v) is 4.03. The predicted octanol–water partition coefficient (Wildman–Crippen LogP) is 1.82. The number of carbonyl (C=O) groups is 2. The van der Waals surface area contributed by atoms with Crippen molar-refractivity contribution in [1.29, 1.82) is 0 Å². The smallest absolute Gasteiger partial charge is 0.325 e. The molecule has 3 rings (SSSR count). The van der Waals surface area contributed by atoms with Gasteiger partial charge in [-0.3, -0.25) is 9.69 Å². The van der Waals surface area contributed by atoms with Crippen LogP contribution in [-0.4, -0.2) is 67.2 Å². The lowest BCUT2D eigenvalue weighted by Crippen LogP contribution is -2.54. The van der Waals surface area contributed by atoms with Crippen molar-refractivity contribution in [3.63, 3.8) is 0 Å². The zero-order chi connectivity index (χ0) is 19.3. The third-order valence-corrected chi connectivity index (χ3v) is 5.17. The lowest BCUT2D eigenvalue weighted by Gasteiger charge is -2.32. The van der Waals surface area contributed by atoms with Gasteiger partial charge in [0, 0.05) is 30.6 Å². The number of likely N-dealkylation sites (tertiary alicyclic amines) is 1. The number of nitrogens with one attached hydrogen (secondary N) is 1. The summed E-state index contributed by atoms with van der Waals surface area (Å²) in [6.07, 6.45) is 0. The van der Waals surface area contributed by atoms with E-state index in [4.69, 9.17) is 9.47 Å². The fraction of sp³-hybridized carbons (Fsp3) is 0.579. The molecule has 1 N–H and O–H groups in total.